The molecule has 0 aliphatic heterocycles. The molecule has 21 heavy (non-hydrogen) atoms. The Labute approximate surface area is 140 Å². The zero-order chi connectivity index (χ0) is 15.1. The molecule has 0 saturated heterocycles. The molecule has 0 aliphatic rings. The number of benzene rings is 2. The van der Waals surface area contributed by atoms with Gasteiger partial charge in [0, 0.05) is 0 Å². The van der Waals surface area contributed by atoms with Crippen molar-refractivity contribution in [3.8, 4) is 5.69 Å². The Morgan fingerprint density at radius 2 is 1.71 bits per heavy atom. The number of nitrogens with zero attached hydrogens (tertiary/aromatic N) is 2. The molecule has 1 heterocycles. The molecule has 0 aliphatic carbocycles. The van der Waals surface area contributed by atoms with E-state index in [0.717, 1.165) is 0 Å². The number of fused-ring (bicyclic) bond motifs is 1. The molecule has 3 aromatic rings. The highest BCUT2D eigenvalue weighted by atomic mass is 35.5. The Morgan fingerprint density at radius 1 is 1.00 bits per heavy atom. The molecule has 1 aromatic heterocycles. The summed E-state index contributed by atoms with van der Waals surface area (Å²) in [5, 5.41) is 1.15. The van der Waals surface area contributed by atoms with Gasteiger partial charge in [-0.05, 0) is 30.3 Å². The number of alkyl halides is 1. The van der Waals surface area contributed by atoms with Gasteiger partial charge < -0.3 is 0 Å². The summed E-state index contributed by atoms with van der Waals surface area (Å²) in [6, 6.07) is 7.38. The van der Waals surface area contributed by atoms with Gasteiger partial charge in [-0.1, -0.05) is 34.8 Å². The van der Waals surface area contributed by atoms with Crippen molar-refractivity contribution < 1.29 is 4.39 Å². The van der Waals surface area contributed by atoms with E-state index >= 15 is 0 Å². The number of hydrogen-bond acceptors (Lipinski definition) is 1. The average molecular weight is 364 g/mol. The number of hydrogen-bond donors (Lipinski definition) is 0. The molecule has 2 aromatic carbocycles. The molecule has 7 heteroatoms. The summed E-state index contributed by atoms with van der Waals surface area (Å²) in [5.74, 6) is 0.255. The first-order valence-electron chi connectivity index (χ1n) is 5.89. The van der Waals surface area contributed by atoms with E-state index in [2.05, 4.69) is 4.98 Å². The van der Waals surface area contributed by atoms with Gasteiger partial charge in [-0.25, -0.2) is 9.37 Å². The molecule has 0 fully saturated rings. The zero-order valence-corrected chi connectivity index (χ0v) is 13.4. The number of aromatic nitrogens is 2. The van der Waals surface area contributed by atoms with E-state index in [1.807, 2.05) is 0 Å². The van der Waals surface area contributed by atoms with Crippen LogP contribution in [-0.2, 0) is 5.88 Å². The van der Waals surface area contributed by atoms with Crippen LogP contribution in [-0.4, -0.2) is 9.55 Å². The second-order valence-corrected chi connectivity index (χ2v) is 5.84. The lowest BCUT2D eigenvalue weighted by Gasteiger charge is -2.10. The van der Waals surface area contributed by atoms with Crippen LogP contribution in [0.25, 0.3) is 16.7 Å². The highest BCUT2D eigenvalue weighted by Gasteiger charge is 2.16. The highest BCUT2D eigenvalue weighted by Crippen LogP contribution is 2.32. The van der Waals surface area contributed by atoms with Crippen molar-refractivity contribution in [1.29, 1.82) is 0 Å². The maximum atomic E-state index is 13.5. The molecule has 0 radical (unpaired) electrons. The smallest absolute Gasteiger partial charge is 0.129 e. The summed E-state index contributed by atoms with van der Waals surface area (Å²) in [4.78, 5) is 4.39. The average Bonchev–Trinajstić information content (AvgIpc) is 2.79. The normalized spacial score (nSPS) is 11.3. The number of imidazole rings is 1. The standard InChI is InChI=1S/C14H7Cl4FN2/c15-6-14-20-11-4-9(17)10(18)5-13(11)21(14)12-3-7(19)1-2-8(12)16/h1-5H,6H2. The van der Waals surface area contributed by atoms with Crippen molar-refractivity contribution in [3.05, 3.63) is 57.0 Å². The third kappa shape index (κ3) is 2.59. The summed E-state index contributed by atoms with van der Waals surface area (Å²) in [6.07, 6.45) is 0. The van der Waals surface area contributed by atoms with Crippen molar-refractivity contribution in [1.82, 2.24) is 9.55 Å². The minimum Gasteiger partial charge on any atom is -0.294 e. The van der Waals surface area contributed by atoms with Gasteiger partial charge in [-0.2, -0.15) is 0 Å². The van der Waals surface area contributed by atoms with E-state index in [0.29, 0.717) is 37.6 Å². The van der Waals surface area contributed by atoms with Gasteiger partial charge >= 0.3 is 0 Å². The predicted octanol–water partition coefficient (Wildman–Crippen LogP) is 5.86. The third-order valence-electron chi connectivity index (χ3n) is 3.03. The number of rotatable bonds is 2. The predicted molar refractivity (Wildman–Crippen MR) is 85.6 cm³/mol. The van der Waals surface area contributed by atoms with E-state index < -0.39 is 5.82 Å². The molecule has 0 spiro atoms. The molecular weight excluding hydrogens is 357 g/mol. The molecular formula is C14H7Cl4FN2. The van der Waals surface area contributed by atoms with Crippen LogP contribution in [0, 0.1) is 5.82 Å². The maximum absolute atomic E-state index is 13.5. The lowest BCUT2D eigenvalue weighted by molar-refractivity contribution is 0.626. The van der Waals surface area contributed by atoms with Crippen LogP contribution in [0.1, 0.15) is 5.82 Å². The fourth-order valence-electron chi connectivity index (χ4n) is 2.14. The van der Waals surface area contributed by atoms with Crippen LogP contribution in [0.3, 0.4) is 0 Å². The van der Waals surface area contributed by atoms with Crippen LogP contribution < -0.4 is 0 Å². The fourth-order valence-corrected chi connectivity index (χ4v) is 2.84. The first-order chi connectivity index (χ1) is 10.0. The van der Waals surface area contributed by atoms with Crippen LogP contribution >= 0.6 is 46.4 Å². The molecule has 0 atom stereocenters. The number of halogens is 5. The first kappa shape index (κ1) is 14.9. The van der Waals surface area contributed by atoms with Crippen molar-refractivity contribution >= 4 is 57.4 Å². The van der Waals surface area contributed by atoms with E-state index in [1.165, 1.54) is 18.2 Å². The first-order valence-corrected chi connectivity index (χ1v) is 7.56. The Balaban J connectivity index is 2.40. The molecule has 108 valence electrons. The minimum atomic E-state index is -0.406. The SMILES string of the molecule is Fc1ccc(Cl)c(-n2c(CCl)nc3cc(Cl)c(Cl)cc32)c1. The quantitative estimate of drug-likeness (QED) is 0.521. The van der Waals surface area contributed by atoms with E-state index in [9.17, 15) is 4.39 Å². The summed E-state index contributed by atoms with van der Waals surface area (Å²) in [5.41, 5.74) is 1.72. The molecule has 0 saturated carbocycles. The molecule has 0 bridgehead atoms. The molecule has 3 rings (SSSR count). The van der Waals surface area contributed by atoms with Crippen LogP contribution in [0.15, 0.2) is 30.3 Å². The van der Waals surface area contributed by atoms with Gasteiger partial charge in [0.25, 0.3) is 0 Å². The van der Waals surface area contributed by atoms with Crippen LogP contribution in [0.2, 0.25) is 15.1 Å². The van der Waals surface area contributed by atoms with Gasteiger partial charge in [-0.3, -0.25) is 4.57 Å². The topological polar surface area (TPSA) is 17.8 Å². The van der Waals surface area contributed by atoms with Crippen molar-refractivity contribution in [2.45, 2.75) is 5.88 Å². The van der Waals surface area contributed by atoms with Gasteiger partial charge in [-0.15, -0.1) is 11.6 Å². The fraction of sp³-hybridized carbons (Fsp3) is 0.0714. The Hall–Kier alpha value is -1.00. The van der Waals surface area contributed by atoms with Crippen molar-refractivity contribution in [2.24, 2.45) is 0 Å². The van der Waals surface area contributed by atoms with Crippen molar-refractivity contribution in [2.75, 3.05) is 0 Å². The summed E-state index contributed by atoms with van der Waals surface area (Å²) in [7, 11) is 0. The maximum Gasteiger partial charge on any atom is 0.129 e. The van der Waals surface area contributed by atoms with Gasteiger partial charge in [0.1, 0.15) is 11.6 Å². The Kier molecular flexibility index (Phi) is 4.02. The highest BCUT2D eigenvalue weighted by molar-refractivity contribution is 6.42. The second kappa shape index (κ2) is 5.65. The summed E-state index contributed by atoms with van der Waals surface area (Å²) < 4.78 is 15.2. The monoisotopic (exact) mass is 362 g/mol. The van der Waals surface area contributed by atoms with Gasteiger partial charge in [0.15, 0.2) is 0 Å². The van der Waals surface area contributed by atoms with E-state index in [4.69, 9.17) is 46.4 Å². The minimum absolute atomic E-state index is 0.136. The van der Waals surface area contributed by atoms with Crippen molar-refractivity contribution in [3.63, 3.8) is 0 Å². The summed E-state index contributed by atoms with van der Waals surface area (Å²) >= 11 is 24.2. The molecule has 0 unspecified atom stereocenters. The van der Waals surface area contributed by atoms with E-state index in [-0.39, 0.29) is 5.88 Å². The largest absolute Gasteiger partial charge is 0.294 e. The Morgan fingerprint density at radius 3 is 2.43 bits per heavy atom. The molecule has 2 nitrogen and oxygen atoms in total. The van der Waals surface area contributed by atoms with Gasteiger partial charge in [0.2, 0.25) is 0 Å². The van der Waals surface area contributed by atoms with Crippen LogP contribution in [0.5, 0.6) is 0 Å². The summed E-state index contributed by atoms with van der Waals surface area (Å²) in [6.45, 7) is 0. The Bertz CT molecular complexity index is 845. The third-order valence-corrected chi connectivity index (χ3v) is 4.32. The second-order valence-electron chi connectivity index (χ2n) is 4.35. The lowest BCUT2D eigenvalue weighted by Crippen LogP contribution is -2.00. The molecule has 0 amide bonds. The van der Waals surface area contributed by atoms with Gasteiger partial charge in [0.05, 0.1) is 37.7 Å². The lowest BCUT2D eigenvalue weighted by atomic mass is 10.2. The van der Waals surface area contributed by atoms with E-state index in [1.54, 1.807) is 16.7 Å². The van der Waals surface area contributed by atoms with Crippen LogP contribution in [0.4, 0.5) is 4.39 Å². The molecule has 0 N–H and O–H groups in total. The zero-order valence-electron chi connectivity index (χ0n) is 10.4.